The molecule has 6 heteroatoms. The van der Waals surface area contributed by atoms with Crippen LogP contribution in [0.3, 0.4) is 0 Å². The third-order valence-electron chi connectivity index (χ3n) is 5.95. The van der Waals surface area contributed by atoms with Gasteiger partial charge >= 0.3 is 5.97 Å². The zero-order valence-electron chi connectivity index (χ0n) is 19.2. The number of pyridine rings is 1. The summed E-state index contributed by atoms with van der Waals surface area (Å²) >= 11 is 0. The minimum absolute atomic E-state index is 0.150. The number of anilines is 1. The highest BCUT2D eigenvalue weighted by Gasteiger charge is 2.19. The van der Waals surface area contributed by atoms with Crippen LogP contribution in [0.25, 0.3) is 10.8 Å². The molecule has 1 atom stereocenters. The SMILES string of the molecule is Cc1ccc(C(=O)OCc2ccc(C(CN)C(=O)Nc3ccc4cnccc4c3)cc2)cc1C. The van der Waals surface area contributed by atoms with Crippen LogP contribution in [0, 0.1) is 13.8 Å². The number of benzene rings is 3. The van der Waals surface area contributed by atoms with E-state index >= 15 is 0 Å². The molecule has 1 heterocycles. The van der Waals surface area contributed by atoms with Gasteiger partial charge in [-0.3, -0.25) is 9.78 Å². The van der Waals surface area contributed by atoms with Gasteiger partial charge in [0.2, 0.25) is 5.91 Å². The summed E-state index contributed by atoms with van der Waals surface area (Å²) in [4.78, 5) is 29.4. The van der Waals surface area contributed by atoms with Crippen LogP contribution < -0.4 is 11.1 Å². The van der Waals surface area contributed by atoms with E-state index in [0.29, 0.717) is 11.3 Å². The van der Waals surface area contributed by atoms with Crippen molar-refractivity contribution in [3.05, 3.63) is 107 Å². The maximum Gasteiger partial charge on any atom is 0.338 e. The first-order valence-corrected chi connectivity index (χ1v) is 11.1. The van der Waals surface area contributed by atoms with Crippen LogP contribution in [0.4, 0.5) is 5.69 Å². The van der Waals surface area contributed by atoms with Crippen molar-refractivity contribution in [2.75, 3.05) is 11.9 Å². The molecule has 0 aliphatic heterocycles. The number of carbonyl (C=O) groups excluding carboxylic acids is 2. The van der Waals surface area contributed by atoms with Crippen LogP contribution in [-0.4, -0.2) is 23.4 Å². The van der Waals surface area contributed by atoms with E-state index in [0.717, 1.165) is 33.0 Å². The summed E-state index contributed by atoms with van der Waals surface area (Å²) in [7, 11) is 0. The Bertz CT molecular complexity index is 1330. The van der Waals surface area contributed by atoms with E-state index in [-0.39, 0.29) is 25.0 Å². The number of carbonyl (C=O) groups is 2. The summed E-state index contributed by atoms with van der Waals surface area (Å²) in [5.74, 6) is -1.04. The number of rotatable bonds is 7. The van der Waals surface area contributed by atoms with E-state index in [2.05, 4.69) is 10.3 Å². The lowest BCUT2D eigenvalue weighted by molar-refractivity contribution is -0.117. The molecule has 0 saturated carbocycles. The van der Waals surface area contributed by atoms with Gasteiger partial charge in [-0.15, -0.1) is 0 Å². The van der Waals surface area contributed by atoms with Crippen LogP contribution in [0.1, 0.15) is 38.5 Å². The van der Waals surface area contributed by atoms with Gasteiger partial charge in [0.1, 0.15) is 6.61 Å². The van der Waals surface area contributed by atoms with E-state index in [4.69, 9.17) is 10.5 Å². The normalized spacial score (nSPS) is 11.7. The van der Waals surface area contributed by atoms with Crippen LogP contribution in [-0.2, 0) is 16.1 Å². The Kier molecular flexibility index (Phi) is 6.99. The van der Waals surface area contributed by atoms with Gasteiger partial charge in [-0.25, -0.2) is 4.79 Å². The quantitative estimate of drug-likeness (QED) is 0.389. The second-order valence-corrected chi connectivity index (χ2v) is 8.33. The molecule has 0 bridgehead atoms. The van der Waals surface area contributed by atoms with Crippen molar-refractivity contribution in [1.82, 2.24) is 4.98 Å². The van der Waals surface area contributed by atoms with Crippen molar-refractivity contribution in [3.63, 3.8) is 0 Å². The maximum absolute atomic E-state index is 12.9. The number of nitrogens with zero attached hydrogens (tertiary/aromatic N) is 1. The van der Waals surface area contributed by atoms with E-state index in [1.54, 1.807) is 18.5 Å². The Morgan fingerprint density at radius 3 is 2.47 bits per heavy atom. The van der Waals surface area contributed by atoms with Crippen LogP contribution in [0.2, 0.25) is 0 Å². The third kappa shape index (κ3) is 5.30. The van der Waals surface area contributed by atoms with E-state index in [9.17, 15) is 9.59 Å². The second-order valence-electron chi connectivity index (χ2n) is 8.33. The van der Waals surface area contributed by atoms with Gasteiger partial charge in [-0.1, -0.05) is 36.4 Å². The lowest BCUT2D eigenvalue weighted by atomic mass is 9.97. The zero-order chi connectivity index (χ0) is 24.1. The van der Waals surface area contributed by atoms with Crippen molar-refractivity contribution in [2.45, 2.75) is 26.4 Å². The first-order valence-electron chi connectivity index (χ1n) is 11.1. The smallest absolute Gasteiger partial charge is 0.338 e. The van der Waals surface area contributed by atoms with Crippen molar-refractivity contribution in [2.24, 2.45) is 5.73 Å². The molecule has 0 saturated heterocycles. The van der Waals surface area contributed by atoms with Crippen LogP contribution in [0.15, 0.2) is 79.1 Å². The molecule has 3 aromatic carbocycles. The molecule has 3 N–H and O–H groups in total. The summed E-state index contributed by atoms with van der Waals surface area (Å²) in [6.07, 6.45) is 3.50. The molecule has 0 aliphatic carbocycles. The topological polar surface area (TPSA) is 94.3 Å². The highest BCUT2D eigenvalue weighted by atomic mass is 16.5. The molecular formula is C28H27N3O3. The van der Waals surface area contributed by atoms with Gasteiger partial charge in [0.05, 0.1) is 11.5 Å². The van der Waals surface area contributed by atoms with Crippen molar-refractivity contribution in [1.29, 1.82) is 0 Å². The largest absolute Gasteiger partial charge is 0.457 e. The van der Waals surface area contributed by atoms with Crippen molar-refractivity contribution in [3.8, 4) is 0 Å². The Morgan fingerprint density at radius 2 is 1.74 bits per heavy atom. The van der Waals surface area contributed by atoms with Gasteiger partial charge in [-0.2, -0.15) is 0 Å². The monoisotopic (exact) mass is 453 g/mol. The summed E-state index contributed by atoms with van der Waals surface area (Å²) in [6.45, 7) is 4.29. The molecule has 172 valence electrons. The Hall–Kier alpha value is -4.03. The molecule has 34 heavy (non-hydrogen) atoms. The number of nitrogens with one attached hydrogen (secondary N) is 1. The number of ether oxygens (including phenoxy) is 1. The number of aromatic nitrogens is 1. The van der Waals surface area contributed by atoms with Crippen LogP contribution >= 0.6 is 0 Å². The predicted molar refractivity (Wildman–Crippen MR) is 134 cm³/mol. The summed E-state index contributed by atoms with van der Waals surface area (Å²) in [5, 5.41) is 4.96. The van der Waals surface area contributed by atoms with E-state index in [1.165, 1.54) is 0 Å². The van der Waals surface area contributed by atoms with Gasteiger partial charge in [0.15, 0.2) is 0 Å². The second kappa shape index (κ2) is 10.3. The number of esters is 1. The van der Waals surface area contributed by atoms with E-state index in [1.807, 2.05) is 74.5 Å². The molecule has 1 aromatic heterocycles. The lowest BCUT2D eigenvalue weighted by Crippen LogP contribution is -2.27. The van der Waals surface area contributed by atoms with Crippen molar-refractivity contribution < 1.29 is 14.3 Å². The van der Waals surface area contributed by atoms with E-state index < -0.39 is 5.92 Å². The Balaban J connectivity index is 1.39. The first kappa shape index (κ1) is 23.1. The number of nitrogens with two attached hydrogens (primary N) is 1. The molecule has 0 fully saturated rings. The van der Waals surface area contributed by atoms with Gasteiger partial charge in [0, 0.05) is 30.0 Å². The van der Waals surface area contributed by atoms with Gasteiger partial charge < -0.3 is 15.8 Å². The lowest BCUT2D eigenvalue weighted by Gasteiger charge is -2.16. The molecule has 0 radical (unpaired) electrons. The predicted octanol–water partition coefficient (Wildman–Crippen LogP) is 4.89. The fourth-order valence-electron chi connectivity index (χ4n) is 3.73. The summed E-state index contributed by atoms with van der Waals surface area (Å²) in [5.41, 5.74) is 11.0. The highest BCUT2D eigenvalue weighted by molar-refractivity contribution is 5.98. The number of hydrogen-bond donors (Lipinski definition) is 2. The molecule has 1 unspecified atom stereocenters. The number of amides is 1. The Morgan fingerprint density at radius 1 is 0.941 bits per heavy atom. The third-order valence-corrected chi connectivity index (χ3v) is 5.95. The van der Waals surface area contributed by atoms with Crippen molar-refractivity contribution >= 4 is 28.3 Å². The van der Waals surface area contributed by atoms with Gasteiger partial charge in [0.25, 0.3) is 0 Å². The standard InChI is InChI=1S/C28H27N3O3/c1-18-3-6-23(13-19(18)2)28(33)34-17-20-4-7-21(8-5-20)26(15-29)27(32)31-25-10-9-24-16-30-12-11-22(24)14-25/h3-14,16,26H,15,17,29H2,1-2H3,(H,31,32). The average molecular weight is 454 g/mol. The molecule has 4 aromatic rings. The molecular weight excluding hydrogens is 426 g/mol. The Labute approximate surface area is 198 Å². The highest BCUT2D eigenvalue weighted by Crippen LogP contribution is 2.22. The minimum atomic E-state index is -0.500. The molecule has 4 rings (SSSR count). The summed E-state index contributed by atoms with van der Waals surface area (Å²) < 4.78 is 5.45. The fraction of sp³-hybridized carbons (Fsp3) is 0.179. The number of aryl methyl sites for hydroxylation is 2. The first-order chi connectivity index (χ1) is 16.4. The molecule has 6 nitrogen and oxygen atoms in total. The molecule has 0 aliphatic rings. The summed E-state index contributed by atoms with van der Waals surface area (Å²) in [6, 6.07) is 20.5. The van der Waals surface area contributed by atoms with Gasteiger partial charge in [-0.05, 0) is 71.8 Å². The number of hydrogen-bond acceptors (Lipinski definition) is 5. The zero-order valence-corrected chi connectivity index (χ0v) is 19.2. The average Bonchev–Trinajstić information content (AvgIpc) is 2.85. The minimum Gasteiger partial charge on any atom is -0.457 e. The maximum atomic E-state index is 12.9. The fourth-order valence-corrected chi connectivity index (χ4v) is 3.73. The molecule has 0 spiro atoms. The van der Waals surface area contributed by atoms with Crippen LogP contribution in [0.5, 0.6) is 0 Å². The molecule has 1 amide bonds. The number of fused-ring (bicyclic) bond motifs is 1.